The second-order valence-corrected chi connectivity index (χ2v) is 17.9. The third kappa shape index (κ3) is 8.64. The van der Waals surface area contributed by atoms with E-state index in [0.717, 1.165) is 16.7 Å². The van der Waals surface area contributed by atoms with Gasteiger partial charge in [0.25, 0.3) is 0 Å². The predicted molar refractivity (Wildman–Crippen MR) is 192 cm³/mol. The molecule has 0 saturated heterocycles. The van der Waals surface area contributed by atoms with Gasteiger partial charge in [-0.2, -0.15) is 12.9 Å². The minimum absolute atomic E-state index is 0.0268. The van der Waals surface area contributed by atoms with Gasteiger partial charge in [0.2, 0.25) is 30.1 Å². The zero-order chi connectivity index (χ0) is 35.2. The van der Waals surface area contributed by atoms with Crippen molar-refractivity contribution in [3.8, 4) is 0 Å². The van der Waals surface area contributed by atoms with E-state index in [2.05, 4.69) is 0 Å². The Balaban J connectivity index is 1.59. The van der Waals surface area contributed by atoms with Crippen LogP contribution in [0.15, 0.2) is 136 Å². The molecule has 0 fully saturated rings. The Kier molecular flexibility index (Phi) is 11.4. The molecule has 0 aliphatic carbocycles. The Labute approximate surface area is 291 Å². The molecule has 0 bridgehead atoms. The summed E-state index contributed by atoms with van der Waals surface area (Å²) in [6.45, 7) is 5.43. The van der Waals surface area contributed by atoms with Crippen molar-refractivity contribution >= 4 is 30.1 Å². The van der Waals surface area contributed by atoms with E-state index in [1.807, 2.05) is 20.8 Å². The van der Waals surface area contributed by atoms with Crippen LogP contribution in [-0.2, 0) is 43.2 Å². The van der Waals surface area contributed by atoms with Crippen molar-refractivity contribution in [1.82, 2.24) is 12.9 Å². The molecule has 0 saturated carbocycles. The molecule has 258 valence electrons. The van der Waals surface area contributed by atoms with Crippen molar-refractivity contribution in [3.05, 3.63) is 149 Å². The molecule has 0 radical (unpaired) electrons. The minimum atomic E-state index is -4.01. The van der Waals surface area contributed by atoms with Gasteiger partial charge in [0.05, 0.1) is 14.7 Å². The maximum absolute atomic E-state index is 14.0. The molecule has 1 heterocycles. The fourth-order valence-electron chi connectivity index (χ4n) is 5.36. The molecule has 5 rings (SSSR count). The number of sulfonamides is 3. The lowest BCUT2D eigenvalue weighted by Crippen LogP contribution is -2.33. The predicted octanol–water partition coefficient (Wildman–Crippen LogP) is 5.81. The summed E-state index contributed by atoms with van der Waals surface area (Å²) in [5.74, 6) is 0. The highest BCUT2D eigenvalue weighted by molar-refractivity contribution is 7.89. The van der Waals surface area contributed by atoms with E-state index in [0.29, 0.717) is 11.1 Å². The van der Waals surface area contributed by atoms with E-state index in [4.69, 9.17) is 0 Å². The summed E-state index contributed by atoms with van der Waals surface area (Å²) in [6, 6.07) is 27.0. The van der Waals surface area contributed by atoms with Crippen LogP contribution < -0.4 is 0 Å². The van der Waals surface area contributed by atoms with E-state index >= 15 is 0 Å². The molecule has 49 heavy (non-hydrogen) atoms. The van der Waals surface area contributed by atoms with Crippen molar-refractivity contribution in [1.29, 1.82) is 0 Å². The molecular formula is C37H41N3O6S3. The van der Waals surface area contributed by atoms with Crippen LogP contribution in [0.5, 0.6) is 0 Å². The molecule has 0 unspecified atom stereocenters. The Hall–Kier alpha value is -3.91. The van der Waals surface area contributed by atoms with E-state index in [1.165, 1.54) is 12.9 Å². The van der Waals surface area contributed by atoms with Crippen molar-refractivity contribution in [2.24, 2.45) is 0 Å². The van der Waals surface area contributed by atoms with Gasteiger partial charge in [0.15, 0.2) is 0 Å². The first-order valence-corrected chi connectivity index (χ1v) is 20.2. The first-order valence-electron chi connectivity index (χ1n) is 15.9. The van der Waals surface area contributed by atoms with Gasteiger partial charge in [-0.05, 0) is 68.3 Å². The summed E-state index contributed by atoms with van der Waals surface area (Å²) < 4.78 is 87.6. The Bertz CT molecular complexity index is 2030. The molecule has 9 nitrogen and oxygen atoms in total. The van der Waals surface area contributed by atoms with Gasteiger partial charge in [0.1, 0.15) is 0 Å². The van der Waals surface area contributed by atoms with Gasteiger partial charge >= 0.3 is 0 Å². The standard InChI is InChI=1S/C37H41N3O6S3/c1-30-12-18-35(19-13-30)47(41,42)38-24-6-8-26-39(48(43,44)36-20-14-31(2)15-21-36)28-33-10-4-5-11-34(33)29-40(27-9-7-25-38)49(45,46)37-22-16-32(3)17-23-37/h4-23H,24-29H2,1-3H3/b8-6+,9-7+. The highest BCUT2D eigenvalue weighted by Crippen LogP contribution is 2.25. The van der Waals surface area contributed by atoms with E-state index < -0.39 is 30.1 Å². The molecule has 0 atom stereocenters. The van der Waals surface area contributed by atoms with Crippen LogP contribution >= 0.6 is 0 Å². The molecule has 12 heteroatoms. The van der Waals surface area contributed by atoms with Crippen LogP contribution in [0.2, 0.25) is 0 Å². The monoisotopic (exact) mass is 719 g/mol. The number of aryl methyl sites for hydroxylation is 3. The second-order valence-electron chi connectivity index (χ2n) is 12.1. The summed E-state index contributed by atoms with van der Waals surface area (Å²) in [5.41, 5.74) is 4.05. The first-order chi connectivity index (χ1) is 23.3. The number of fused-ring (bicyclic) bond motifs is 1. The van der Waals surface area contributed by atoms with Gasteiger partial charge < -0.3 is 0 Å². The summed E-state index contributed by atoms with van der Waals surface area (Å²) in [6.07, 6.45) is 6.61. The number of benzene rings is 4. The largest absolute Gasteiger partial charge is 0.243 e. The molecular weight excluding hydrogens is 679 g/mol. The zero-order valence-corrected chi connectivity index (χ0v) is 30.3. The van der Waals surface area contributed by atoms with Crippen LogP contribution in [0.25, 0.3) is 0 Å². The molecule has 0 aromatic heterocycles. The molecule has 4 aromatic rings. The van der Waals surface area contributed by atoms with Crippen LogP contribution in [-0.4, -0.2) is 64.3 Å². The molecule has 0 amide bonds. The highest BCUT2D eigenvalue weighted by Gasteiger charge is 2.28. The summed E-state index contributed by atoms with van der Waals surface area (Å²) >= 11 is 0. The highest BCUT2D eigenvalue weighted by atomic mass is 32.2. The summed E-state index contributed by atoms with van der Waals surface area (Å²) in [7, 11) is -12.0. The average molecular weight is 720 g/mol. The number of nitrogens with zero attached hydrogens (tertiary/aromatic N) is 3. The van der Waals surface area contributed by atoms with Crippen LogP contribution in [0.4, 0.5) is 0 Å². The van der Waals surface area contributed by atoms with E-state index in [1.54, 1.807) is 121 Å². The lowest BCUT2D eigenvalue weighted by Gasteiger charge is -2.25. The molecule has 1 aliphatic rings. The topological polar surface area (TPSA) is 112 Å². The van der Waals surface area contributed by atoms with Crippen LogP contribution in [0.1, 0.15) is 27.8 Å². The van der Waals surface area contributed by atoms with Crippen molar-refractivity contribution in [3.63, 3.8) is 0 Å². The Morgan fingerprint density at radius 2 is 0.653 bits per heavy atom. The normalized spacial score (nSPS) is 17.8. The molecule has 0 N–H and O–H groups in total. The third-order valence-corrected chi connectivity index (χ3v) is 13.9. The fraction of sp³-hybridized carbons (Fsp3) is 0.243. The van der Waals surface area contributed by atoms with Gasteiger partial charge in [-0.1, -0.05) is 102 Å². The van der Waals surface area contributed by atoms with E-state index in [9.17, 15) is 25.3 Å². The average Bonchev–Trinajstić information content (AvgIpc) is 3.07. The van der Waals surface area contributed by atoms with Gasteiger partial charge in [-0.15, -0.1) is 0 Å². The van der Waals surface area contributed by atoms with Crippen molar-refractivity contribution in [2.75, 3.05) is 26.2 Å². The zero-order valence-electron chi connectivity index (χ0n) is 27.8. The number of rotatable bonds is 6. The SMILES string of the molecule is Cc1ccc(S(=O)(=O)N2C/C=C/CN(S(=O)(=O)c3ccc(C)cc3)Cc3ccccc3CN(S(=O)(=O)c3ccc(C)cc3)C/C=C/C2)cc1. The number of hydrogen-bond acceptors (Lipinski definition) is 6. The first kappa shape index (κ1) is 36.4. The molecule has 0 spiro atoms. The summed E-state index contributed by atoms with van der Waals surface area (Å²) in [4.78, 5) is 0.372. The maximum Gasteiger partial charge on any atom is 0.243 e. The van der Waals surface area contributed by atoms with Crippen LogP contribution in [0.3, 0.4) is 0 Å². The second kappa shape index (κ2) is 15.3. The van der Waals surface area contributed by atoms with Crippen molar-refractivity contribution < 1.29 is 25.3 Å². The Morgan fingerprint density at radius 3 is 0.959 bits per heavy atom. The van der Waals surface area contributed by atoms with Crippen molar-refractivity contribution in [2.45, 2.75) is 48.5 Å². The Morgan fingerprint density at radius 1 is 0.388 bits per heavy atom. The van der Waals surface area contributed by atoms with Gasteiger partial charge in [0, 0.05) is 39.3 Å². The van der Waals surface area contributed by atoms with Crippen LogP contribution in [0, 0.1) is 20.8 Å². The summed E-state index contributed by atoms with van der Waals surface area (Å²) in [5, 5.41) is 0. The number of hydrogen-bond donors (Lipinski definition) is 0. The third-order valence-electron chi connectivity index (χ3n) is 8.36. The molecule has 4 aromatic carbocycles. The quantitative estimate of drug-likeness (QED) is 0.233. The van der Waals surface area contributed by atoms with Gasteiger partial charge in [-0.3, -0.25) is 0 Å². The lowest BCUT2D eigenvalue weighted by molar-refractivity contribution is 0.421. The molecule has 1 aliphatic heterocycles. The maximum atomic E-state index is 14.0. The van der Waals surface area contributed by atoms with E-state index in [-0.39, 0.29) is 54.0 Å². The lowest BCUT2D eigenvalue weighted by atomic mass is 10.1. The fourth-order valence-corrected chi connectivity index (χ4v) is 9.44. The minimum Gasteiger partial charge on any atom is -0.207 e. The smallest absolute Gasteiger partial charge is 0.207 e. The van der Waals surface area contributed by atoms with Gasteiger partial charge in [-0.25, -0.2) is 25.3 Å².